The zero-order valence-electron chi connectivity index (χ0n) is 14.5. The van der Waals surface area contributed by atoms with Crippen LogP contribution in [0.25, 0.3) is 6.08 Å². The van der Waals surface area contributed by atoms with E-state index in [4.69, 9.17) is 4.74 Å². The molecule has 1 fully saturated rings. The normalized spacial score (nSPS) is 30.1. The first kappa shape index (κ1) is 19.7. The maximum absolute atomic E-state index is 13.5. The van der Waals surface area contributed by atoms with Crippen LogP contribution >= 0.6 is 0 Å². The van der Waals surface area contributed by atoms with E-state index in [2.05, 4.69) is 0 Å². The third-order valence-electron chi connectivity index (χ3n) is 5.26. The second kappa shape index (κ2) is 6.82. The van der Waals surface area contributed by atoms with E-state index in [0.29, 0.717) is 5.56 Å². The highest BCUT2D eigenvalue weighted by molar-refractivity contribution is 7.94. The molecule has 0 radical (unpaired) electrons. The Morgan fingerprint density at radius 2 is 1.93 bits per heavy atom. The summed E-state index contributed by atoms with van der Waals surface area (Å²) >= 11 is 0. The van der Waals surface area contributed by atoms with E-state index in [9.17, 15) is 26.4 Å². The second-order valence-corrected chi connectivity index (χ2v) is 8.79. The molecule has 8 heteroatoms. The summed E-state index contributed by atoms with van der Waals surface area (Å²) in [6, 6.07) is 8.78. The lowest BCUT2D eigenvalue weighted by atomic mass is 9.81. The summed E-state index contributed by atoms with van der Waals surface area (Å²) in [5, 5.41) is 0. The van der Waals surface area contributed by atoms with Crippen molar-refractivity contribution >= 4 is 21.9 Å². The molecule has 0 unspecified atom stereocenters. The highest BCUT2D eigenvalue weighted by Crippen LogP contribution is 2.58. The number of carbonyl (C=O) groups excluding carboxylic acids is 1. The zero-order valence-corrected chi connectivity index (χ0v) is 15.3. The fourth-order valence-electron chi connectivity index (χ4n) is 4.15. The van der Waals surface area contributed by atoms with Crippen molar-refractivity contribution in [1.82, 2.24) is 0 Å². The van der Waals surface area contributed by atoms with Crippen LogP contribution in [0.2, 0.25) is 0 Å². The molecule has 1 aromatic carbocycles. The molecule has 0 aromatic heterocycles. The number of sulfone groups is 1. The Morgan fingerprint density at radius 1 is 1.26 bits per heavy atom. The van der Waals surface area contributed by atoms with E-state index in [1.54, 1.807) is 42.5 Å². The number of fused-ring (bicyclic) bond motifs is 2. The quantitative estimate of drug-likeness (QED) is 0.558. The molecule has 3 rings (SSSR count). The molecule has 2 aliphatic carbocycles. The van der Waals surface area contributed by atoms with Crippen LogP contribution in [0, 0.1) is 17.8 Å². The van der Waals surface area contributed by atoms with Crippen molar-refractivity contribution in [3.05, 3.63) is 54.1 Å². The van der Waals surface area contributed by atoms with Gasteiger partial charge in [-0.15, -0.1) is 0 Å². The summed E-state index contributed by atoms with van der Waals surface area (Å²) < 4.78 is 68.0. The molecule has 2 aliphatic rings. The molecular formula is C19H19F3O4S. The third-order valence-corrected chi connectivity index (χ3v) is 7.50. The van der Waals surface area contributed by atoms with Gasteiger partial charge in [0.05, 0.1) is 6.61 Å². The zero-order chi connectivity index (χ0) is 19.9. The number of alkyl halides is 3. The van der Waals surface area contributed by atoms with Gasteiger partial charge >= 0.3 is 11.5 Å². The van der Waals surface area contributed by atoms with Crippen LogP contribution in [0.4, 0.5) is 13.2 Å². The van der Waals surface area contributed by atoms with Crippen molar-refractivity contribution in [2.75, 3.05) is 6.61 Å². The third kappa shape index (κ3) is 2.90. The van der Waals surface area contributed by atoms with E-state index in [-0.39, 0.29) is 13.0 Å². The molecule has 4 nitrogen and oxygen atoms in total. The van der Waals surface area contributed by atoms with Crippen molar-refractivity contribution in [2.45, 2.75) is 23.6 Å². The van der Waals surface area contributed by atoms with Gasteiger partial charge in [-0.05, 0) is 24.8 Å². The average Bonchev–Trinajstić information content (AvgIpc) is 3.20. The number of rotatable bonds is 5. The molecule has 1 saturated carbocycles. The van der Waals surface area contributed by atoms with E-state index in [0.717, 1.165) is 0 Å². The lowest BCUT2D eigenvalue weighted by molar-refractivity contribution is -0.149. The van der Waals surface area contributed by atoms with Crippen molar-refractivity contribution in [1.29, 1.82) is 0 Å². The molecule has 146 valence electrons. The Labute approximate surface area is 155 Å². The van der Waals surface area contributed by atoms with Gasteiger partial charge < -0.3 is 4.74 Å². The summed E-state index contributed by atoms with van der Waals surface area (Å²) in [4.78, 5) is 12.7. The van der Waals surface area contributed by atoms with E-state index < -0.39 is 43.8 Å². The van der Waals surface area contributed by atoms with Crippen molar-refractivity contribution in [3.8, 4) is 0 Å². The number of benzene rings is 1. The standard InChI is InChI=1S/C19H19F3O4S/c1-2-26-17(23)18(27(24,25)19(20,21)22)15-10-9-14(12-15)16(18)11-8-13-6-4-3-5-7-13/h3-11,14-16H,2,12H2,1H3/b11-8+/t14-,15+,16-,18-/m1/s1. The summed E-state index contributed by atoms with van der Waals surface area (Å²) in [5.74, 6) is -4.03. The number of carbonyl (C=O) groups is 1. The maximum Gasteiger partial charge on any atom is 0.498 e. The van der Waals surface area contributed by atoms with Crippen LogP contribution in [-0.2, 0) is 19.4 Å². The Morgan fingerprint density at radius 3 is 2.52 bits per heavy atom. The summed E-state index contributed by atoms with van der Waals surface area (Å²) in [6.07, 6.45) is 6.21. The minimum Gasteiger partial charge on any atom is -0.465 e. The van der Waals surface area contributed by atoms with Gasteiger partial charge in [-0.25, -0.2) is 8.42 Å². The number of ether oxygens (including phenoxy) is 1. The van der Waals surface area contributed by atoms with E-state index >= 15 is 0 Å². The van der Waals surface area contributed by atoms with Gasteiger partial charge in [0.25, 0.3) is 9.84 Å². The molecule has 0 aliphatic heterocycles. The number of esters is 1. The molecule has 0 amide bonds. The predicted molar refractivity (Wildman–Crippen MR) is 94.0 cm³/mol. The van der Waals surface area contributed by atoms with Crippen LogP contribution in [0.5, 0.6) is 0 Å². The summed E-state index contributed by atoms with van der Waals surface area (Å²) in [6.45, 7) is 1.23. The average molecular weight is 400 g/mol. The van der Waals surface area contributed by atoms with Gasteiger partial charge in [0.2, 0.25) is 0 Å². The van der Waals surface area contributed by atoms with Gasteiger partial charge in [-0.2, -0.15) is 13.2 Å². The van der Waals surface area contributed by atoms with Crippen molar-refractivity contribution < 1.29 is 31.1 Å². The summed E-state index contributed by atoms with van der Waals surface area (Å²) in [7, 11) is -5.82. The Balaban J connectivity index is 2.16. The fourth-order valence-corrected chi connectivity index (χ4v) is 6.00. The minimum absolute atomic E-state index is 0.165. The van der Waals surface area contributed by atoms with E-state index in [1.807, 2.05) is 0 Å². The molecule has 4 atom stereocenters. The smallest absolute Gasteiger partial charge is 0.465 e. The number of hydrogen-bond acceptors (Lipinski definition) is 4. The van der Waals surface area contributed by atoms with Gasteiger partial charge in [-0.3, -0.25) is 4.79 Å². The van der Waals surface area contributed by atoms with Crippen LogP contribution in [0.1, 0.15) is 18.9 Å². The maximum atomic E-state index is 13.5. The van der Waals surface area contributed by atoms with Crippen molar-refractivity contribution in [3.63, 3.8) is 0 Å². The number of hydrogen-bond donors (Lipinski definition) is 0. The lowest BCUT2D eigenvalue weighted by Crippen LogP contribution is -2.59. The Kier molecular flexibility index (Phi) is 4.96. The highest BCUT2D eigenvalue weighted by Gasteiger charge is 2.74. The predicted octanol–water partition coefficient (Wildman–Crippen LogP) is 3.76. The first-order valence-corrected chi connectivity index (χ1v) is 10.0. The SMILES string of the molecule is CCOC(=O)[C@]1(S(=O)(=O)C(F)(F)F)[C@H](/C=C/c2ccccc2)[C@@H]2C=C[C@H]1C2. The molecule has 27 heavy (non-hydrogen) atoms. The first-order valence-electron chi connectivity index (χ1n) is 8.56. The van der Waals surface area contributed by atoms with E-state index in [1.165, 1.54) is 19.1 Å². The Bertz CT molecular complexity index is 874. The van der Waals surface area contributed by atoms with Crippen molar-refractivity contribution in [2.24, 2.45) is 17.8 Å². The molecule has 0 N–H and O–H groups in total. The van der Waals surface area contributed by atoms with Crippen LogP contribution in [0.15, 0.2) is 48.6 Å². The fraction of sp³-hybridized carbons (Fsp3) is 0.421. The highest BCUT2D eigenvalue weighted by atomic mass is 32.2. The molecule has 1 aromatic rings. The summed E-state index contributed by atoms with van der Waals surface area (Å²) in [5.41, 5.74) is -4.86. The van der Waals surface area contributed by atoms with Crippen LogP contribution < -0.4 is 0 Å². The van der Waals surface area contributed by atoms with Gasteiger partial charge in [-0.1, -0.05) is 54.6 Å². The molecule has 0 saturated heterocycles. The Hall–Kier alpha value is -2.09. The van der Waals surface area contributed by atoms with Crippen LogP contribution in [-0.4, -0.2) is 31.2 Å². The topological polar surface area (TPSA) is 60.4 Å². The van der Waals surface area contributed by atoms with Gasteiger partial charge in [0, 0.05) is 11.8 Å². The molecule has 0 heterocycles. The lowest BCUT2D eigenvalue weighted by Gasteiger charge is -2.37. The number of allylic oxidation sites excluding steroid dienone is 3. The largest absolute Gasteiger partial charge is 0.498 e. The molecule has 0 spiro atoms. The minimum atomic E-state index is -5.82. The van der Waals surface area contributed by atoms with Gasteiger partial charge in [0.15, 0.2) is 4.75 Å². The second-order valence-electron chi connectivity index (χ2n) is 6.65. The monoisotopic (exact) mass is 400 g/mol. The molecular weight excluding hydrogens is 381 g/mol. The molecule has 2 bridgehead atoms. The van der Waals surface area contributed by atoms with Gasteiger partial charge in [0.1, 0.15) is 0 Å². The first-order chi connectivity index (χ1) is 12.7. The van der Waals surface area contributed by atoms with Crippen LogP contribution in [0.3, 0.4) is 0 Å². The number of halogens is 3.